The molecule has 1 aliphatic carbocycles. The third kappa shape index (κ3) is 2.71. The van der Waals surface area contributed by atoms with Gasteiger partial charge in [-0.2, -0.15) is 0 Å². The molecule has 2 N–H and O–H groups in total. The van der Waals surface area contributed by atoms with Crippen molar-refractivity contribution in [2.75, 3.05) is 7.11 Å². The average molecular weight is 281 g/mol. The molecule has 3 rings (SSSR count). The van der Waals surface area contributed by atoms with Crippen LogP contribution in [0.1, 0.15) is 23.1 Å². The maximum absolute atomic E-state index is 11.0. The van der Waals surface area contributed by atoms with Crippen LogP contribution >= 0.6 is 0 Å². The van der Waals surface area contributed by atoms with Crippen molar-refractivity contribution in [2.45, 2.75) is 18.7 Å². The summed E-state index contributed by atoms with van der Waals surface area (Å²) in [4.78, 5) is 0. The second kappa shape index (κ2) is 5.72. The number of nitrogens with one attached hydrogen (secondary N) is 1. The normalized spacial score (nSPS) is 20.6. The number of ether oxygens (including phenoxy) is 1. The van der Waals surface area contributed by atoms with Crippen molar-refractivity contribution in [2.24, 2.45) is 0 Å². The molecule has 0 aromatic heterocycles. The summed E-state index contributed by atoms with van der Waals surface area (Å²) in [6, 6.07) is 17.9. The van der Waals surface area contributed by atoms with Gasteiger partial charge in [0.1, 0.15) is 11.5 Å². The highest BCUT2D eigenvalue weighted by atomic mass is 16.5. The Labute approximate surface area is 124 Å². The monoisotopic (exact) mass is 281 g/mol. The highest BCUT2D eigenvalue weighted by Crippen LogP contribution is 2.36. The SMILES string of the molecule is COC1=CCC(O)(NCc2ccccc2)c2ccccc21. The first kappa shape index (κ1) is 13.9. The molecule has 21 heavy (non-hydrogen) atoms. The summed E-state index contributed by atoms with van der Waals surface area (Å²) in [6.45, 7) is 0.613. The van der Waals surface area contributed by atoms with E-state index in [-0.39, 0.29) is 0 Å². The number of aliphatic hydroxyl groups is 1. The Morgan fingerprint density at radius 1 is 1.10 bits per heavy atom. The van der Waals surface area contributed by atoms with E-state index in [2.05, 4.69) is 5.32 Å². The van der Waals surface area contributed by atoms with Crippen LogP contribution in [-0.2, 0) is 17.0 Å². The summed E-state index contributed by atoms with van der Waals surface area (Å²) in [5.74, 6) is 0.816. The third-order valence-corrected chi connectivity index (χ3v) is 3.87. The minimum atomic E-state index is -1.06. The van der Waals surface area contributed by atoms with Crippen LogP contribution in [0.5, 0.6) is 0 Å². The second-order valence-corrected chi connectivity index (χ2v) is 5.22. The third-order valence-electron chi connectivity index (χ3n) is 3.87. The van der Waals surface area contributed by atoms with Crippen LogP contribution in [0.15, 0.2) is 60.7 Å². The lowest BCUT2D eigenvalue weighted by Gasteiger charge is -2.34. The van der Waals surface area contributed by atoms with Crippen LogP contribution in [0, 0.1) is 0 Å². The first-order chi connectivity index (χ1) is 10.2. The lowest BCUT2D eigenvalue weighted by atomic mass is 9.88. The van der Waals surface area contributed by atoms with Gasteiger partial charge in [0.05, 0.1) is 7.11 Å². The zero-order valence-corrected chi connectivity index (χ0v) is 12.0. The fraction of sp³-hybridized carbons (Fsp3) is 0.222. The van der Waals surface area contributed by atoms with Crippen LogP contribution in [0.2, 0.25) is 0 Å². The van der Waals surface area contributed by atoms with Gasteiger partial charge in [-0.1, -0.05) is 54.6 Å². The number of methoxy groups -OCH3 is 1. The van der Waals surface area contributed by atoms with E-state index >= 15 is 0 Å². The molecule has 2 aromatic rings. The number of fused-ring (bicyclic) bond motifs is 1. The van der Waals surface area contributed by atoms with Crippen LogP contribution in [0.25, 0.3) is 5.76 Å². The van der Waals surface area contributed by atoms with Crippen molar-refractivity contribution in [1.29, 1.82) is 0 Å². The van der Waals surface area contributed by atoms with E-state index in [0.29, 0.717) is 13.0 Å². The fourth-order valence-electron chi connectivity index (χ4n) is 2.72. The average Bonchev–Trinajstić information content (AvgIpc) is 2.55. The molecule has 0 amide bonds. The van der Waals surface area contributed by atoms with Gasteiger partial charge >= 0.3 is 0 Å². The first-order valence-electron chi connectivity index (χ1n) is 7.08. The Morgan fingerprint density at radius 3 is 2.57 bits per heavy atom. The van der Waals surface area contributed by atoms with E-state index in [1.807, 2.05) is 60.7 Å². The molecule has 0 radical (unpaired) electrons. The maximum atomic E-state index is 11.0. The van der Waals surface area contributed by atoms with E-state index in [0.717, 1.165) is 22.4 Å². The van der Waals surface area contributed by atoms with Gasteiger partial charge < -0.3 is 9.84 Å². The van der Waals surface area contributed by atoms with Gasteiger partial charge in [0.15, 0.2) is 0 Å². The molecule has 0 aliphatic heterocycles. The van der Waals surface area contributed by atoms with Crippen molar-refractivity contribution in [3.63, 3.8) is 0 Å². The number of benzene rings is 2. The lowest BCUT2D eigenvalue weighted by Crippen LogP contribution is -2.43. The molecule has 3 nitrogen and oxygen atoms in total. The molecule has 1 aliphatic rings. The maximum Gasteiger partial charge on any atom is 0.146 e. The van der Waals surface area contributed by atoms with Gasteiger partial charge in [0, 0.05) is 24.1 Å². The van der Waals surface area contributed by atoms with E-state index in [4.69, 9.17) is 4.74 Å². The Bertz CT molecular complexity index is 651. The number of hydrogen-bond donors (Lipinski definition) is 2. The summed E-state index contributed by atoms with van der Waals surface area (Å²) in [5.41, 5.74) is 1.88. The molecule has 1 unspecified atom stereocenters. The van der Waals surface area contributed by atoms with Crippen LogP contribution < -0.4 is 5.32 Å². The minimum Gasteiger partial charge on any atom is -0.496 e. The number of rotatable bonds is 4. The Balaban J connectivity index is 1.87. The van der Waals surface area contributed by atoms with Crippen molar-refractivity contribution >= 4 is 5.76 Å². The topological polar surface area (TPSA) is 41.5 Å². The molecule has 0 spiro atoms. The van der Waals surface area contributed by atoms with Crippen LogP contribution in [-0.4, -0.2) is 12.2 Å². The van der Waals surface area contributed by atoms with Gasteiger partial charge in [-0.15, -0.1) is 0 Å². The zero-order chi connectivity index (χ0) is 14.7. The van der Waals surface area contributed by atoms with Gasteiger partial charge in [-0.25, -0.2) is 0 Å². The van der Waals surface area contributed by atoms with Gasteiger partial charge in [0.25, 0.3) is 0 Å². The van der Waals surface area contributed by atoms with E-state index < -0.39 is 5.72 Å². The molecule has 0 bridgehead atoms. The molecule has 0 heterocycles. The van der Waals surface area contributed by atoms with Crippen molar-refractivity contribution < 1.29 is 9.84 Å². The predicted octanol–water partition coefficient (Wildman–Crippen LogP) is 3.01. The smallest absolute Gasteiger partial charge is 0.146 e. The molecule has 2 aromatic carbocycles. The predicted molar refractivity (Wildman–Crippen MR) is 83.2 cm³/mol. The molecule has 1 atom stereocenters. The largest absolute Gasteiger partial charge is 0.496 e. The van der Waals surface area contributed by atoms with Gasteiger partial charge in [0.2, 0.25) is 0 Å². The molecular weight excluding hydrogens is 262 g/mol. The highest BCUT2D eigenvalue weighted by molar-refractivity contribution is 5.66. The quantitative estimate of drug-likeness (QED) is 0.847. The van der Waals surface area contributed by atoms with E-state index in [1.165, 1.54) is 0 Å². The molecule has 0 fully saturated rings. The van der Waals surface area contributed by atoms with E-state index in [9.17, 15) is 5.11 Å². The molecule has 3 heteroatoms. The molecular formula is C18H19NO2. The minimum absolute atomic E-state index is 0.486. The lowest BCUT2D eigenvalue weighted by molar-refractivity contribution is -0.00148. The van der Waals surface area contributed by atoms with E-state index in [1.54, 1.807) is 7.11 Å². The number of hydrogen-bond acceptors (Lipinski definition) is 3. The van der Waals surface area contributed by atoms with Crippen molar-refractivity contribution in [1.82, 2.24) is 5.32 Å². The standard InChI is InChI=1S/C18H19NO2/c1-21-17-11-12-18(20,16-10-6-5-9-15(16)17)19-13-14-7-3-2-4-8-14/h2-11,19-20H,12-13H2,1H3. The van der Waals surface area contributed by atoms with Crippen molar-refractivity contribution in [3.05, 3.63) is 77.4 Å². The molecule has 0 saturated carbocycles. The van der Waals surface area contributed by atoms with Gasteiger partial charge in [-0.05, 0) is 11.6 Å². The summed E-state index contributed by atoms with van der Waals surface area (Å²) in [7, 11) is 1.66. The van der Waals surface area contributed by atoms with Crippen LogP contribution in [0.4, 0.5) is 0 Å². The molecule has 0 saturated heterocycles. The Morgan fingerprint density at radius 2 is 1.81 bits per heavy atom. The molecule has 108 valence electrons. The Hall–Kier alpha value is -2.10. The van der Waals surface area contributed by atoms with Crippen LogP contribution in [0.3, 0.4) is 0 Å². The summed E-state index contributed by atoms with van der Waals surface area (Å²) in [5, 5.41) is 14.3. The Kier molecular flexibility index (Phi) is 3.78. The first-order valence-corrected chi connectivity index (χ1v) is 7.08. The summed E-state index contributed by atoms with van der Waals surface area (Å²) < 4.78 is 5.40. The van der Waals surface area contributed by atoms with Gasteiger partial charge in [-0.3, -0.25) is 5.32 Å². The summed E-state index contributed by atoms with van der Waals surface area (Å²) >= 11 is 0. The fourth-order valence-corrected chi connectivity index (χ4v) is 2.72. The van der Waals surface area contributed by atoms with Crippen molar-refractivity contribution in [3.8, 4) is 0 Å². The zero-order valence-electron chi connectivity index (χ0n) is 12.0. The highest BCUT2D eigenvalue weighted by Gasteiger charge is 2.34. The second-order valence-electron chi connectivity index (χ2n) is 5.22. The summed E-state index contributed by atoms with van der Waals surface area (Å²) in [6.07, 6.45) is 2.42.